The SMILES string of the molecule is COC(=O)c1nnc(-c2cccc(O)c2C)o1. The maximum atomic E-state index is 11.1. The Hall–Kier alpha value is -2.37. The normalized spacial score (nSPS) is 10.2. The zero-order valence-electron chi connectivity index (χ0n) is 9.30. The first-order chi connectivity index (χ1) is 8.13. The molecule has 0 saturated heterocycles. The molecule has 6 heteroatoms. The zero-order valence-corrected chi connectivity index (χ0v) is 9.30. The lowest BCUT2D eigenvalue weighted by Crippen LogP contribution is -2.00. The number of carbonyl (C=O) groups excluding carboxylic acids is 1. The molecule has 0 saturated carbocycles. The lowest BCUT2D eigenvalue weighted by Gasteiger charge is -2.02. The van der Waals surface area contributed by atoms with Crippen LogP contribution in [-0.4, -0.2) is 28.4 Å². The quantitative estimate of drug-likeness (QED) is 0.793. The second kappa shape index (κ2) is 4.25. The third kappa shape index (κ3) is 1.96. The number of ether oxygens (including phenoxy) is 1. The highest BCUT2D eigenvalue weighted by Crippen LogP contribution is 2.28. The molecule has 17 heavy (non-hydrogen) atoms. The molecule has 1 aromatic heterocycles. The van der Waals surface area contributed by atoms with Crippen LogP contribution in [0, 0.1) is 6.92 Å². The third-order valence-electron chi connectivity index (χ3n) is 2.32. The summed E-state index contributed by atoms with van der Waals surface area (Å²) in [4.78, 5) is 11.1. The number of methoxy groups -OCH3 is 1. The van der Waals surface area contributed by atoms with Gasteiger partial charge in [-0.3, -0.25) is 0 Å². The minimum atomic E-state index is -0.693. The number of benzene rings is 1. The lowest BCUT2D eigenvalue weighted by molar-refractivity contribution is 0.0556. The van der Waals surface area contributed by atoms with Gasteiger partial charge in [0.15, 0.2) is 0 Å². The van der Waals surface area contributed by atoms with Gasteiger partial charge in [0.05, 0.1) is 7.11 Å². The molecule has 1 aromatic carbocycles. The third-order valence-corrected chi connectivity index (χ3v) is 2.32. The van der Waals surface area contributed by atoms with Gasteiger partial charge in [0.25, 0.3) is 0 Å². The van der Waals surface area contributed by atoms with Crippen LogP contribution in [0.25, 0.3) is 11.5 Å². The van der Waals surface area contributed by atoms with Crippen molar-refractivity contribution in [1.29, 1.82) is 0 Å². The molecular formula is C11H10N2O4. The summed E-state index contributed by atoms with van der Waals surface area (Å²) in [7, 11) is 1.23. The molecule has 1 N–H and O–H groups in total. The first kappa shape index (κ1) is 11.1. The summed E-state index contributed by atoms with van der Waals surface area (Å²) in [6, 6.07) is 4.92. The predicted molar refractivity (Wildman–Crippen MR) is 57.5 cm³/mol. The van der Waals surface area contributed by atoms with Crippen LogP contribution >= 0.6 is 0 Å². The summed E-state index contributed by atoms with van der Waals surface area (Å²) in [5, 5.41) is 16.8. The van der Waals surface area contributed by atoms with Gasteiger partial charge in [0, 0.05) is 11.1 Å². The maximum absolute atomic E-state index is 11.1. The van der Waals surface area contributed by atoms with E-state index in [9.17, 15) is 9.90 Å². The van der Waals surface area contributed by atoms with Gasteiger partial charge in [-0.15, -0.1) is 10.2 Å². The van der Waals surface area contributed by atoms with Crippen LogP contribution < -0.4 is 0 Å². The van der Waals surface area contributed by atoms with Crippen molar-refractivity contribution in [2.24, 2.45) is 0 Å². The van der Waals surface area contributed by atoms with Crippen LogP contribution in [0.15, 0.2) is 22.6 Å². The van der Waals surface area contributed by atoms with Crippen LogP contribution in [0.4, 0.5) is 0 Å². The van der Waals surface area contributed by atoms with E-state index in [0.717, 1.165) is 0 Å². The van der Waals surface area contributed by atoms with Gasteiger partial charge >= 0.3 is 11.9 Å². The van der Waals surface area contributed by atoms with Crippen molar-refractivity contribution >= 4 is 5.97 Å². The Bertz CT molecular complexity index is 562. The number of rotatable bonds is 2. The topological polar surface area (TPSA) is 85.5 Å². The van der Waals surface area contributed by atoms with Gasteiger partial charge in [-0.05, 0) is 19.1 Å². The minimum absolute atomic E-state index is 0.125. The van der Waals surface area contributed by atoms with Gasteiger partial charge in [-0.1, -0.05) is 6.07 Å². The Kier molecular flexibility index (Phi) is 2.78. The molecule has 0 amide bonds. The molecule has 6 nitrogen and oxygen atoms in total. The van der Waals surface area contributed by atoms with Gasteiger partial charge in [-0.2, -0.15) is 0 Å². The van der Waals surface area contributed by atoms with Gasteiger partial charge in [0.2, 0.25) is 5.89 Å². The highest BCUT2D eigenvalue weighted by atomic mass is 16.5. The Morgan fingerprint density at radius 1 is 1.41 bits per heavy atom. The van der Waals surface area contributed by atoms with Crippen molar-refractivity contribution in [3.05, 3.63) is 29.7 Å². The second-order valence-corrected chi connectivity index (χ2v) is 3.35. The average Bonchev–Trinajstić information content (AvgIpc) is 2.81. The minimum Gasteiger partial charge on any atom is -0.508 e. The highest BCUT2D eigenvalue weighted by Gasteiger charge is 2.17. The summed E-state index contributed by atoms with van der Waals surface area (Å²) in [5.41, 5.74) is 1.18. The summed E-state index contributed by atoms with van der Waals surface area (Å²) in [6.07, 6.45) is 0. The molecule has 2 aromatic rings. The molecule has 0 spiro atoms. The Labute approximate surface area is 96.9 Å². The fourth-order valence-electron chi connectivity index (χ4n) is 1.36. The van der Waals surface area contributed by atoms with Crippen LogP contribution in [0.2, 0.25) is 0 Å². The fourth-order valence-corrected chi connectivity index (χ4v) is 1.36. The maximum Gasteiger partial charge on any atom is 0.396 e. The Balaban J connectivity index is 2.44. The van der Waals surface area contributed by atoms with Crippen LogP contribution in [-0.2, 0) is 4.74 Å². The predicted octanol–water partition coefficient (Wildman–Crippen LogP) is 1.54. The molecule has 2 rings (SSSR count). The molecule has 1 heterocycles. The van der Waals surface area contributed by atoms with Crippen molar-refractivity contribution < 1.29 is 19.1 Å². The number of hydrogen-bond donors (Lipinski definition) is 1. The lowest BCUT2D eigenvalue weighted by atomic mass is 10.1. The van der Waals surface area contributed by atoms with E-state index >= 15 is 0 Å². The van der Waals surface area contributed by atoms with Crippen LogP contribution in [0.5, 0.6) is 5.75 Å². The van der Waals surface area contributed by atoms with E-state index in [1.54, 1.807) is 25.1 Å². The van der Waals surface area contributed by atoms with Gasteiger partial charge in [-0.25, -0.2) is 4.79 Å². The van der Waals surface area contributed by atoms with E-state index in [1.165, 1.54) is 7.11 Å². The van der Waals surface area contributed by atoms with Crippen molar-refractivity contribution in [2.45, 2.75) is 6.92 Å². The number of carbonyl (C=O) groups is 1. The van der Waals surface area contributed by atoms with E-state index in [0.29, 0.717) is 11.1 Å². The van der Waals surface area contributed by atoms with E-state index in [1.807, 2.05) is 0 Å². The van der Waals surface area contributed by atoms with E-state index in [4.69, 9.17) is 4.42 Å². The Morgan fingerprint density at radius 3 is 2.88 bits per heavy atom. The largest absolute Gasteiger partial charge is 0.508 e. The summed E-state index contributed by atoms with van der Waals surface area (Å²) >= 11 is 0. The first-order valence-corrected chi connectivity index (χ1v) is 4.84. The van der Waals surface area contributed by atoms with E-state index < -0.39 is 5.97 Å². The van der Waals surface area contributed by atoms with Gasteiger partial charge in [0.1, 0.15) is 5.75 Å². The highest BCUT2D eigenvalue weighted by molar-refractivity contribution is 5.84. The molecular weight excluding hydrogens is 224 g/mol. The molecule has 0 aliphatic carbocycles. The Morgan fingerprint density at radius 2 is 2.18 bits per heavy atom. The van der Waals surface area contributed by atoms with Crippen molar-refractivity contribution in [2.75, 3.05) is 7.11 Å². The van der Waals surface area contributed by atoms with E-state index in [2.05, 4.69) is 14.9 Å². The molecule has 0 aliphatic rings. The van der Waals surface area contributed by atoms with Crippen molar-refractivity contribution in [3.63, 3.8) is 0 Å². The first-order valence-electron chi connectivity index (χ1n) is 4.84. The number of hydrogen-bond acceptors (Lipinski definition) is 6. The molecule has 0 unspecified atom stereocenters. The molecule has 0 bridgehead atoms. The number of esters is 1. The fraction of sp³-hybridized carbons (Fsp3) is 0.182. The van der Waals surface area contributed by atoms with Gasteiger partial charge < -0.3 is 14.3 Å². The second-order valence-electron chi connectivity index (χ2n) is 3.35. The smallest absolute Gasteiger partial charge is 0.396 e. The number of phenols is 1. The summed E-state index contributed by atoms with van der Waals surface area (Å²) < 4.78 is 9.61. The number of aromatic hydroxyl groups is 1. The molecule has 0 aliphatic heterocycles. The zero-order chi connectivity index (χ0) is 12.4. The molecule has 0 atom stereocenters. The molecule has 0 fully saturated rings. The van der Waals surface area contributed by atoms with Crippen LogP contribution in [0.3, 0.4) is 0 Å². The summed E-state index contributed by atoms with van der Waals surface area (Å²) in [5.74, 6) is -0.620. The van der Waals surface area contributed by atoms with Crippen molar-refractivity contribution in [1.82, 2.24) is 10.2 Å². The molecule has 0 radical (unpaired) electrons. The average molecular weight is 234 g/mol. The number of aromatic nitrogens is 2. The standard InChI is InChI=1S/C11H10N2O4/c1-6-7(4-3-5-8(6)14)9-12-13-10(17-9)11(15)16-2/h3-5,14H,1-2H3. The van der Waals surface area contributed by atoms with Crippen LogP contribution in [0.1, 0.15) is 16.2 Å². The number of nitrogens with zero attached hydrogens (tertiary/aromatic N) is 2. The number of phenolic OH excluding ortho intramolecular Hbond substituents is 1. The van der Waals surface area contributed by atoms with Crippen molar-refractivity contribution in [3.8, 4) is 17.2 Å². The monoisotopic (exact) mass is 234 g/mol. The molecule has 88 valence electrons. The van der Waals surface area contributed by atoms with E-state index in [-0.39, 0.29) is 17.5 Å². The summed E-state index contributed by atoms with van der Waals surface area (Å²) in [6.45, 7) is 1.71.